The van der Waals surface area contributed by atoms with E-state index in [1.807, 2.05) is 23.1 Å². The summed E-state index contributed by atoms with van der Waals surface area (Å²) in [6.07, 6.45) is 2.30. The summed E-state index contributed by atoms with van der Waals surface area (Å²) in [5.41, 5.74) is 3.06. The number of fused-ring (bicyclic) bond motifs is 1. The fraction of sp³-hybridized carbons (Fsp3) is 0.524. The smallest absolute Gasteiger partial charge is 0.236 e. The van der Waals surface area contributed by atoms with Gasteiger partial charge in [0.1, 0.15) is 0 Å². The molecule has 2 fully saturated rings. The number of aromatic nitrogens is 1. The number of pyridine rings is 1. The maximum absolute atomic E-state index is 12.3. The number of piperazine rings is 1. The van der Waals surface area contributed by atoms with Crippen LogP contribution in [0.15, 0.2) is 24.3 Å². The van der Waals surface area contributed by atoms with Crippen LogP contribution >= 0.6 is 11.6 Å². The molecule has 2 aliphatic heterocycles. The zero-order valence-corrected chi connectivity index (χ0v) is 16.7. The molecule has 0 aliphatic carbocycles. The zero-order valence-electron chi connectivity index (χ0n) is 16.0. The normalized spacial score (nSPS) is 19.1. The average Bonchev–Trinajstić information content (AvgIpc) is 3.22. The van der Waals surface area contributed by atoms with Gasteiger partial charge in [-0.1, -0.05) is 29.8 Å². The van der Waals surface area contributed by atoms with Crippen LogP contribution < -0.4 is 0 Å². The number of aryl methyl sites for hydroxylation is 1. The lowest BCUT2D eigenvalue weighted by molar-refractivity contribution is -0.131. The number of halogens is 1. The van der Waals surface area contributed by atoms with Gasteiger partial charge >= 0.3 is 0 Å². The highest BCUT2D eigenvalue weighted by atomic mass is 35.5. The molecule has 1 aromatic carbocycles. The summed E-state index contributed by atoms with van der Waals surface area (Å²) in [6, 6.07) is 8.16. The van der Waals surface area contributed by atoms with E-state index in [0.29, 0.717) is 6.54 Å². The monoisotopic (exact) mass is 386 g/mol. The van der Waals surface area contributed by atoms with Gasteiger partial charge in [-0.25, -0.2) is 4.98 Å². The van der Waals surface area contributed by atoms with Crippen molar-refractivity contribution in [2.75, 3.05) is 45.8 Å². The number of hydrogen-bond donors (Lipinski definition) is 0. The molecule has 2 saturated heterocycles. The maximum Gasteiger partial charge on any atom is 0.236 e. The predicted molar refractivity (Wildman–Crippen MR) is 109 cm³/mol. The van der Waals surface area contributed by atoms with Crippen LogP contribution in [0, 0.1) is 6.92 Å². The summed E-state index contributed by atoms with van der Waals surface area (Å²) < 4.78 is 0. The van der Waals surface area contributed by atoms with Gasteiger partial charge in [0.25, 0.3) is 0 Å². The van der Waals surface area contributed by atoms with E-state index in [1.165, 1.54) is 0 Å². The number of carbonyl (C=O) groups is 1. The molecular formula is C21H27ClN4O. The minimum Gasteiger partial charge on any atom is -0.342 e. The van der Waals surface area contributed by atoms with Gasteiger partial charge in [-0.3, -0.25) is 14.6 Å². The molecule has 0 atom stereocenters. The molecule has 5 nitrogen and oxygen atoms in total. The van der Waals surface area contributed by atoms with E-state index < -0.39 is 0 Å². The minimum absolute atomic E-state index is 0.288. The van der Waals surface area contributed by atoms with Gasteiger partial charge in [0.05, 0.1) is 22.8 Å². The third-order valence-corrected chi connectivity index (χ3v) is 6.30. The van der Waals surface area contributed by atoms with Crippen molar-refractivity contribution in [3.8, 4) is 0 Å². The fourth-order valence-corrected chi connectivity index (χ4v) is 4.30. The summed E-state index contributed by atoms with van der Waals surface area (Å²) >= 11 is 6.61. The molecule has 0 radical (unpaired) electrons. The van der Waals surface area contributed by atoms with Gasteiger partial charge in [0.2, 0.25) is 5.91 Å². The molecule has 2 aliphatic rings. The van der Waals surface area contributed by atoms with Gasteiger partial charge in [-0.2, -0.15) is 0 Å². The number of amides is 1. The predicted octanol–water partition coefficient (Wildman–Crippen LogP) is 2.94. The van der Waals surface area contributed by atoms with Crippen molar-refractivity contribution < 1.29 is 4.79 Å². The second-order valence-corrected chi connectivity index (χ2v) is 8.03. The molecule has 1 amide bonds. The van der Waals surface area contributed by atoms with Crippen molar-refractivity contribution >= 4 is 28.4 Å². The summed E-state index contributed by atoms with van der Waals surface area (Å²) in [5.74, 6) is 0.288. The molecule has 0 spiro atoms. The Hall–Kier alpha value is -1.69. The Morgan fingerprint density at radius 2 is 1.70 bits per heavy atom. The van der Waals surface area contributed by atoms with Crippen molar-refractivity contribution in [3.63, 3.8) is 0 Å². The molecule has 4 rings (SSSR count). The summed E-state index contributed by atoms with van der Waals surface area (Å²) in [5, 5.41) is 1.90. The molecule has 6 heteroatoms. The highest BCUT2D eigenvalue weighted by molar-refractivity contribution is 6.32. The molecule has 0 unspecified atom stereocenters. The van der Waals surface area contributed by atoms with Crippen LogP contribution in [0.5, 0.6) is 0 Å². The molecule has 0 bridgehead atoms. The summed E-state index contributed by atoms with van der Waals surface area (Å²) in [7, 11) is 0. The van der Waals surface area contributed by atoms with Crippen molar-refractivity contribution in [3.05, 3.63) is 40.5 Å². The largest absolute Gasteiger partial charge is 0.342 e. The topological polar surface area (TPSA) is 39.7 Å². The second kappa shape index (κ2) is 8.13. The number of hydrogen-bond acceptors (Lipinski definition) is 4. The van der Waals surface area contributed by atoms with Crippen molar-refractivity contribution in [1.82, 2.24) is 19.7 Å². The van der Waals surface area contributed by atoms with E-state index in [-0.39, 0.29) is 5.91 Å². The molecule has 1 aromatic heterocycles. The number of rotatable bonds is 4. The Morgan fingerprint density at radius 3 is 2.44 bits per heavy atom. The Balaban J connectivity index is 1.36. The lowest BCUT2D eigenvalue weighted by Crippen LogP contribution is -2.49. The van der Waals surface area contributed by atoms with Gasteiger partial charge in [0, 0.05) is 51.2 Å². The first-order chi connectivity index (χ1) is 13.1. The second-order valence-electron chi connectivity index (χ2n) is 7.65. The van der Waals surface area contributed by atoms with Gasteiger partial charge < -0.3 is 4.90 Å². The van der Waals surface area contributed by atoms with Crippen LogP contribution in [0.4, 0.5) is 0 Å². The van der Waals surface area contributed by atoms with E-state index in [9.17, 15) is 4.79 Å². The van der Waals surface area contributed by atoms with Crippen LogP contribution in [-0.2, 0) is 11.3 Å². The molecule has 144 valence electrons. The molecule has 27 heavy (non-hydrogen) atoms. The van der Waals surface area contributed by atoms with Crippen LogP contribution in [0.3, 0.4) is 0 Å². The lowest BCUT2D eigenvalue weighted by Gasteiger charge is -2.35. The fourth-order valence-electron chi connectivity index (χ4n) is 4.10. The Kier molecular flexibility index (Phi) is 5.62. The van der Waals surface area contributed by atoms with Crippen molar-refractivity contribution in [2.24, 2.45) is 0 Å². The summed E-state index contributed by atoms with van der Waals surface area (Å²) in [4.78, 5) is 23.8. The van der Waals surface area contributed by atoms with Gasteiger partial charge in [-0.15, -0.1) is 0 Å². The highest BCUT2D eigenvalue weighted by Crippen LogP contribution is 2.27. The zero-order chi connectivity index (χ0) is 18.8. The molecule has 0 N–H and O–H groups in total. The first-order valence-electron chi connectivity index (χ1n) is 9.88. The van der Waals surface area contributed by atoms with Crippen molar-refractivity contribution in [2.45, 2.75) is 26.3 Å². The lowest BCUT2D eigenvalue weighted by atomic mass is 10.1. The van der Waals surface area contributed by atoms with Gasteiger partial charge in [-0.05, 0) is 31.4 Å². The van der Waals surface area contributed by atoms with E-state index in [2.05, 4.69) is 22.8 Å². The van der Waals surface area contributed by atoms with E-state index >= 15 is 0 Å². The average molecular weight is 387 g/mol. The molecular weight excluding hydrogens is 360 g/mol. The third-order valence-electron chi connectivity index (χ3n) is 5.80. The van der Waals surface area contributed by atoms with Crippen LogP contribution in [0.25, 0.3) is 10.9 Å². The summed E-state index contributed by atoms with van der Waals surface area (Å²) in [6.45, 7) is 8.98. The number of para-hydroxylation sites is 1. The van der Waals surface area contributed by atoms with E-state index in [4.69, 9.17) is 16.6 Å². The Morgan fingerprint density at radius 1 is 1.04 bits per heavy atom. The standard InChI is InChI=1S/C21H27ClN4O/c1-16-17-6-2-3-7-18(17)23-19(21(16)22)14-24-10-12-25(13-11-24)15-20(27)26-8-4-5-9-26/h2-3,6-7H,4-5,8-15H2,1H3. The van der Waals surface area contributed by atoms with Crippen LogP contribution in [0.2, 0.25) is 5.02 Å². The van der Waals surface area contributed by atoms with Crippen molar-refractivity contribution in [1.29, 1.82) is 0 Å². The SMILES string of the molecule is Cc1c(Cl)c(CN2CCN(CC(=O)N3CCCC3)CC2)nc2ccccc12. The third kappa shape index (κ3) is 4.10. The quantitative estimate of drug-likeness (QED) is 0.810. The first-order valence-corrected chi connectivity index (χ1v) is 10.3. The molecule has 3 heterocycles. The number of nitrogens with zero attached hydrogens (tertiary/aromatic N) is 4. The molecule has 2 aromatic rings. The Labute approximate surface area is 165 Å². The Bertz CT molecular complexity index is 826. The van der Waals surface area contributed by atoms with Crippen LogP contribution in [0.1, 0.15) is 24.1 Å². The minimum atomic E-state index is 0.288. The van der Waals surface area contributed by atoms with Gasteiger partial charge in [0.15, 0.2) is 0 Å². The highest BCUT2D eigenvalue weighted by Gasteiger charge is 2.24. The maximum atomic E-state index is 12.3. The van der Waals surface area contributed by atoms with E-state index in [0.717, 1.165) is 85.8 Å². The number of carbonyl (C=O) groups excluding carboxylic acids is 1. The molecule has 0 saturated carbocycles. The van der Waals surface area contributed by atoms with Crippen LogP contribution in [-0.4, -0.2) is 71.4 Å². The number of benzene rings is 1. The number of likely N-dealkylation sites (tertiary alicyclic amines) is 1. The first kappa shape index (κ1) is 18.7. The van der Waals surface area contributed by atoms with E-state index in [1.54, 1.807) is 0 Å².